The van der Waals surface area contributed by atoms with Gasteiger partial charge in [-0.25, -0.2) is 4.98 Å². The Kier molecular flexibility index (Phi) is 5.13. The van der Waals surface area contributed by atoms with Crippen molar-refractivity contribution in [3.8, 4) is 0 Å². The van der Waals surface area contributed by atoms with Crippen molar-refractivity contribution in [3.05, 3.63) is 53.7 Å². The number of aromatic nitrogens is 1. The minimum absolute atomic E-state index is 0.0541. The molecule has 0 radical (unpaired) electrons. The first-order valence-corrected chi connectivity index (χ1v) is 7.21. The molecule has 0 saturated heterocycles. The topological polar surface area (TPSA) is 36.4 Å². The molecule has 3 heteroatoms. The molecule has 0 aliphatic rings. The van der Waals surface area contributed by atoms with E-state index in [2.05, 4.69) is 30.9 Å². The lowest BCUT2D eigenvalue weighted by molar-refractivity contribution is 0.281. The molecule has 1 N–H and O–H groups in total. The number of para-hydroxylation sites is 1. The van der Waals surface area contributed by atoms with Crippen LogP contribution < -0.4 is 4.90 Å². The van der Waals surface area contributed by atoms with E-state index in [4.69, 9.17) is 4.98 Å². The first kappa shape index (κ1) is 14.5. The van der Waals surface area contributed by atoms with Gasteiger partial charge in [-0.1, -0.05) is 31.5 Å². The van der Waals surface area contributed by atoms with Crippen molar-refractivity contribution in [2.75, 3.05) is 11.4 Å². The zero-order chi connectivity index (χ0) is 14.4. The van der Waals surface area contributed by atoms with E-state index >= 15 is 0 Å². The maximum atomic E-state index is 9.43. The summed E-state index contributed by atoms with van der Waals surface area (Å²) in [7, 11) is 0. The molecule has 0 fully saturated rings. The summed E-state index contributed by atoms with van der Waals surface area (Å²) in [5, 5.41) is 9.43. The molecule has 0 unspecified atom stereocenters. The first-order chi connectivity index (χ1) is 9.78. The van der Waals surface area contributed by atoms with Gasteiger partial charge < -0.3 is 10.0 Å². The maximum Gasteiger partial charge on any atom is 0.133 e. The molecule has 3 nitrogen and oxygen atoms in total. The Balaban J connectivity index is 2.40. The number of hydrogen-bond donors (Lipinski definition) is 1. The molecule has 2 rings (SSSR count). The van der Waals surface area contributed by atoms with Crippen LogP contribution in [0.15, 0.2) is 42.5 Å². The fraction of sp³-hybridized carbons (Fsp3) is 0.353. The summed E-state index contributed by atoms with van der Waals surface area (Å²) in [5.41, 5.74) is 3.09. The predicted octanol–water partition coefficient (Wildman–Crippen LogP) is 3.68. The van der Waals surface area contributed by atoms with Crippen molar-refractivity contribution in [2.45, 2.75) is 33.3 Å². The normalized spacial score (nSPS) is 10.6. The van der Waals surface area contributed by atoms with Crippen LogP contribution in [0.4, 0.5) is 11.5 Å². The lowest BCUT2D eigenvalue weighted by atomic mass is 10.1. The number of nitrogens with zero attached hydrogens (tertiary/aromatic N) is 2. The van der Waals surface area contributed by atoms with Crippen molar-refractivity contribution in [1.29, 1.82) is 0 Å². The number of anilines is 2. The standard InChI is InChI=1S/C17H22N2O/c1-3-8-15-11-14(13-20)12-17(18-15)19(4-2)16-9-6-5-7-10-16/h5-7,9-12,20H,3-4,8,13H2,1-2H3. The van der Waals surface area contributed by atoms with Crippen LogP contribution in [0, 0.1) is 0 Å². The molecule has 1 heterocycles. The number of aliphatic hydroxyl groups excluding tert-OH is 1. The number of aryl methyl sites for hydroxylation is 1. The van der Waals surface area contributed by atoms with Gasteiger partial charge in [-0.05, 0) is 43.2 Å². The second-order valence-corrected chi connectivity index (χ2v) is 4.81. The van der Waals surface area contributed by atoms with Crippen LogP contribution in [0.5, 0.6) is 0 Å². The third-order valence-electron chi connectivity index (χ3n) is 3.27. The van der Waals surface area contributed by atoms with Crippen LogP contribution in [0.1, 0.15) is 31.5 Å². The fourth-order valence-electron chi connectivity index (χ4n) is 2.33. The smallest absolute Gasteiger partial charge is 0.133 e. The van der Waals surface area contributed by atoms with Crippen molar-refractivity contribution < 1.29 is 5.11 Å². The van der Waals surface area contributed by atoms with Gasteiger partial charge in [0.2, 0.25) is 0 Å². The monoisotopic (exact) mass is 270 g/mol. The Morgan fingerprint density at radius 3 is 2.45 bits per heavy atom. The van der Waals surface area contributed by atoms with Gasteiger partial charge in [0.1, 0.15) is 5.82 Å². The predicted molar refractivity (Wildman–Crippen MR) is 83.3 cm³/mol. The van der Waals surface area contributed by atoms with E-state index in [1.165, 1.54) is 0 Å². The maximum absolute atomic E-state index is 9.43. The average molecular weight is 270 g/mol. The summed E-state index contributed by atoms with van der Waals surface area (Å²) >= 11 is 0. The molecule has 0 spiro atoms. The lowest BCUT2D eigenvalue weighted by Crippen LogP contribution is -2.18. The highest BCUT2D eigenvalue weighted by atomic mass is 16.3. The average Bonchev–Trinajstić information content (AvgIpc) is 2.49. The molecule has 106 valence electrons. The van der Waals surface area contributed by atoms with Gasteiger partial charge in [-0.2, -0.15) is 0 Å². The summed E-state index contributed by atoms with van der Waals surface area (Å²) in [5.74, 6) is 0.911. The van der Waals surface area contributed by atoms with Crippen LogP contribution in [0.25, 0.3) is 0 Å². The van der Waals surface area contributed by atoms with Gasteiger partial charge in [0, 0.05) is 17.9 Å². The van der Waals surface area contributed by atoms with Crippen molar-refractivity contribution in [1.82, 2.24) is 4.98 Å². The van der Waals surface area contributed by atoms with Gasteiger partial charge in [0.15, 0.2) is 0 Å². The highest BCUT2D eigenvalue weighted by Crippen LogP contribution is 2.24. The molecular formula is C17H22N2O. The van der Waals surface area contributed by atoms with Crippen LogP contribution in [0.3, 0.4) is 0 Å². The number of rotatable bonds is 6. The zero-order valence-corrected chi connectivity index (χ0v) is 12.2. The number of benzene rings is 1. The molecule has 0 aliphatic carbocycles. The molecule has 0 aliphatic heterocycles. The van der Waals surface area contributed by atoms with Gasteiger partial charge in [0.05, 0.1) is 6.61 Å². The molecule has 1 aromatic heterocycles. The third kappa shape index (κ3) is 3.36. The number of hydrogen-bond acceptors (Lipinski definition) is 3. The molecule has 0 bridgehead atoms. The van der Waals surface area contributed by atoms with Crippen LogP contribution in [-0.2, 0) is 13.0 Å². The summed E-state index contributed by atoms with van der Waals surface area (Å²) in [6.45, 7) is 5.15. The minimum atomic E-state index is 0.0541. The van der Waals surface area contributed by atoms with Crippen molar-refractivity contribution >= 4 is 11.5 Å². The Labute approximate surface area is 120 Å². The van der Waals surface area contributed by atoms with E-state index in [1.54, 1.807) is 0 Å². The molecule has 20 heavy (non-hydrogen) atoms. The van der Waals surface area contributed by atoms with E-state index in [1.807, 2.05) is 30.3 Å². The Hall–Kier alpha value is -1.87. The first-order valence-electron chi connectivity index (χ1n) is 7.21. The van der Waals surface area contributed by atoms with E-state index in [0.29, 0.717) is 0 Å². The highest BCUT2D eigenvalue weighted by Gasteiger charge is 2.10. The molecule has 0 saturated carbocycles. The summed E-state index contributed by atoms with van der Waals surface area (Å²) in [4.78, 5) is 6.90. The Morgan fingerprint density at radius 1 is 1.10 bits per heavy atom. The van der Waals surface area contributed by atoms with Crippen LogP contribution >= 0.6 is 0 Å². The Morgan fingerprint density at radius 2 is 1.85 bits per heavy atom. The number of aliphatic hydroxyl groups is 1. The third-order valence-corrected chi connectivity index (χ3v) is 3.27. The van der Waals surface area contributed by atoms with Crippen LogP contribution in [-0.4, -0.2) is 16.6 Å². The minimum Gasteiger partial charge on any atom is -0.392 e. The van der Waals surface area contributed by atoms with Crippen molar-refractivity contribution in [3.63, 3.8) is 0 Å². The van der Waals surface area contributed by atoms with Gasteiger partial charge >= 0.3 is 0 Å². The second kappa shape index (κ2) is 7.06. The lowest BCUT2D eigenvalue weighted by Gasteiger charge is -2.23. The van der Waals surface area contributed by atoms with Gasteiger partial charge in [-0.15, -0.1) is 0 Å². The van der Waals surface area contributed by atoms with E-state index in [9.17, 15) is 5.11 Å². The van der Waals surface area contributed by atoms with Crippen LogP contribution in [0.2, 0.25) is 0 Å². The van der Waals surface area contributed by atoms with E-state index in [-0.39, 0.29) is 6.61 Å². The summed E-state index contributed by atoms with van der Waals surface area (Å²) in [6, 6.07) is 14.2. The summed E-state index contributed by atoms with van der Waals surface area (Å²) in [6.07, 6.45) is 1.99. The quantitative estimate of drug-likeness (QED) is 0.869. The molecule has 1 aromatic carbocycles. The Bertz CT molecular complexity index is 540. The highest BCUT2D eigenvalue weighted by molar-refractivity contribution is 5.60. The zero-order valence-electron chi connectivity index (χ0n) is 12.2. The van der Waals surface area contributed by atoms with Gasteiger partial charge in [0.25, 0.3) is 0 Å². The van der Waals surface area contributed by atoms with E-state index < -0.39 is 0 Å². The fourth-order valence-corrected chi connectivity index (χ4v) is 2.33. The largest absolute Gasteiger partial charge is 0.392 e. The molecule has 2 aromatic rings. The number of pyridine rings is 1. The van der Waals surface area contributed by atoms with Crippen molar-refractivity contribution in [2.24, 2.45) is 0 Å². The van der Waals surface area contributed by atoms with E-state index in [0.717, 1.165) is 42.1 Å². The van der Waals surface area contributed by atoms with Gasteiger partial charge in [-0.3, -0.25) is 0 Å². The molecular weight excluding hydrogens is 248 g/mol. The second-order valence-electron chi connectivity index (χ2n) is 4.81. The summed E-state index contributed by atoms with van der Waals surface area (Å²) < 4.78 is 0. The molecule has 0 atom stereocenters. The SMILES string of the molecule is CCCc1cc(CO)cc(N(CC)c2ccccc2)n1. The molecule has 0 amide bonds.